The van der Waals surface area contributed by atoms with Crippen molar-refractivity contribution in [1.29, 1.82) is 0 Å². The third-order valence-electron chi connectivity index (χ3n) is 4.77. The maximum Gasteiger partial charge on any atom is 0.0317 e. The van der Waals surface area contributed by atoms with Crippen molar-refractivity contribution in [3.05, 3.63) is 29.3 Å². The van der Waals surface area contributed by atoms with Crippen LogP contribution in [0.3, 0.4) is 0 Å². The van der Waals surface area contributed by atoms with Crippen molar-refractivity contribution in [2.45, 2.75) is 51.6 Å². The van der Waals surface area contributed by atoms with Crippen molar-refractivity contribution in [1.82, 2.24) is 4.90 Å². The molecule has 0 radical (unpaired) electrons. The van der Waals surface area contributed by atoms with E-state index in [0.717, 1.165) is 24.2 Å². The van der Waals surface area contributed by atoms with E-state index in [4.69, 9.17) is 5.73 Å². The molecule has 1 aliphatic carbocycles. The lowest BCUT2D eigenvalue weighted by atomic mass is 9.85. The maximum atomic E-state index is 5.91. The smallest absolute Gasteiger partial charge is 0.0317 e. The second-order valence-corrected chi connectivity index (χ2v) is 6.16. The zero-order valence-corrected chi connectivity index (χ0v) is 11.4. The minimum Gasteiger partial charge on any atom is -0.399 e. The molecule has 0 aromatic heterocycles. The van der Waals surface area contributed by atoms with Gasteiger partial charge >= 0.3 is 0 Å². The number of anilines is 1. The average Bonchev–Trinajstić information content (AvgIpc) is 2.38. The number of hydrogen-bond donors (Lipinski definition) is 1. The number of nitrogens with zero attached hydrogens (tertiary/aromatic N) is 1. The van der Waals surface area contributed by atoms with Gasteiger partial charge in [0.25, 0.3) is 0 Å². The van der Waals surface area contributed by atoms with Crippen LogP contribution in [0.25, 0.3) is 0 Å². The molecule has 2 heteroatoms. The number of nitrogens with two attached hydrogens (primary N) is 1. The van der Waals surface area contributed by atoms with Gasteiger partial charge in [0.05, 0.1) is 0 Å². The highest BCUT2D eigenvalue weighted by Crippen LogP contribution is 2.30. The summed E-state index contributed by atoms with van der Waals surface area (Å²) in [5.74, 6) is 0.939. The Kier molecular flexibility index (Phi) is 3.29. The lowest BCUT2D eigenvalue weighted by Crippen LogP contribution is -2.41. The number of fused-ring (bicyclic) bond motifs is 1. The van der Waals surface area contributed by atoms with Crippen LogP contribution in [-0.2, 0) is 13.0 Å². The minimum atomic E-state index is 0.816. The molecule has 0 atom stereocenters. The summed E-state index contributed by atoms with van der Waals surface area (Å²) >= 11 is 0. The molecule has 1 heterocycles. The Morgan fingerprint density at radius 1 is 1.11 bits per heavy atom. The Hall–Kier alpha value is -1.02. The predicted molar refractivity (Wildman–Crippen MR) is 76.4 cm³/mol. The van der Waals surface area contributed by atoms with E-state index in [0.29, 0.717) is 0 Å². The van der Waals surface area contributed by atoms with Crippen molar-refractivity contribution in [3.8, 4) is 0 Å². The van der Waals surface area contributed by atoms with E-state index in [1.807, 2.05) is 6.07 Å². The van der Waals surface area contributed by atoms with Gasteiger partial charge in [-0.3, -0.25) is 4.90 Å². The van der Waals surface area contributed by atoms with Gasteiger partial charge in [0, 0.05) is 24.8 Å². The van der Waals surface area contributed by atoms with Gasteiger partial charge in [-0.2, -0.15) is 0 Å². The lowest BCUT2D eigenvalue weighted by Gasteiger charge is -2.39. The molecule has 2 N–H and O–H groups in total. The Morgan fingerprint density at radius 3 is 2.67 bits per heavy atom. The topological polar surface area (TPSA) is 29.3 Å². The number of hydrogen-bond acceptors (Lipinski definition) is 2. The molecular formula is C16H24N2. The molecule has 2 nitrogen and oxygen atoms in total. The number of nitrogen functional groups attached to an aromatic ring is 1. The van der Waals surface area contributed by atoms with Crippen molar-refractivity contribution in [2.75, 3.05) is 12.3 Å². The average molecular weight is 244 g/mol. The fourth-order valence-electron chi connectivity index (χ4n) is 3.52. The highest BCUT2D eigenvalue weighted by molar-refractivity contribution is 5.45. The molecule has 2 aliphatic rings. The lowest BCUT2D eigenvalue weighted by molar-refractivity contribution is 0.126. The van der Waals surface area contributed by atoms with E-state index >= 15 is 0 Å². The third-order valence-corrected chi connectivity index (χ3v) is 4.77. The molecule has 18 heavy (non-hydrogen) atoms. The van der Waals surface area contributed by atoms with Crippen molar-refractivity contribution < 1.29 is 0 Å². The summed E-state index contributed by atoms with van der Waals surface area (Å²) in [5.41, 5.74) is 9.78. The summed E-state index contributed by atoms with van der Waals surface area (Å²) in [6.07, 6.45) is 6.79. The van der Waals surface area contributed by atoms with Gasteiger partial charge in [0.2, 0.25) is 0 Å². The van der Waals surface area contributed by atoms with E-state index < -0.39 is 0 Å². The van der Waals surface area contributed by atoms with Gasteiger partial charge in [-0.25, -0.2) is 0 Å². The molecule has 98 valence electrons. The molecule has 0 unspecified atom stereocenters. The molecule has 1 aliphatic heterocycles. The summed E-state index contributed by atoms with van der Waals surface area (Å²) in [5, 5.41) is 0. The zero-order chi connectivity index (χ0) is 12.5. The van der Waals surface area contributed by atoms with Crippen LogP contribution in [0.1, 0.15) is 43.7 Å². The highest BCUT2D eigenvalue weighted by Gasteiger charge is 2.26. The van der Waals surface area contributed by atoms with Crippen LogP contribution in [0, 0.1) is 5.92 Å². The molecule has 1 saturated carbocycles. The van der Waals surface area contributed by atoms with Crippen LogP contribution in [0.4, 0.5) is 5.69 Å². The van der Waals surface area contributed by atoms with Gasteiger partial charge in [-0.1, -0.05) is 13.0 Å². The molecule has 0 bridgehead atoms. The van der Waals surface area contributed by atoms with Crippen molar-refractivity contribution >= 4 is 5.69 Å². The van der Waals surface area contributed by atoms with E-state index in [-0.39, 0.29) is 0 Å². The monoisotopic (exact) mass is 244 g/mol. The highest BCUT2D eigenvalue weighted by atomic mass is 15.2. The molecular weight excluding hydrogens is 220 g/mol. The summed E-state index contributed by atoms with van der Waals surface area (Å²) in [6, 6.07) is 7.24. The summed E-state index contributed by atoms with van der Waals surface area (Å²) < 4.78 is 0. The van der Waals surface area contributed by atoms with Crippen LogP contribution >= 0.6 is 0 Å². The van der Waals surface area contributed by atoms with E-state index in [1.165, 1.54) is 49.8 Å². The van der Waals surface area contributed by atoms with Crippen molar-refractivity contribution in [3.63, 3.8) is 0 Å². The fraction of sp³-hybridized carbons (Fsp3) is 0.625. The van der Waals surface area contributed by atoms with E-state index in [2.05, 4.69) is 24.0 Å². The molecule has 1 aromatic carbocycles. The van der Waals surface area contributed by atoms with Crippen molar-refractivity contribution in [2.24, 2.45) is 5.92 Å². The molecule has 0 spiro atoms. The van der Waals surface area contributed by atoms with Gasteiger partial charge in [0.1, 0.15) is 0 Å². The van der Waals surface area contributed by atoms with E-state index in [9.17, 15) is 0 Å². The Bertz CT molecular complexity index is 419. The molecule has 0 amide bonds. The normalized spacial score (nSPS) is 28.9. The molecule has 1 aromatic rings. The summed E-state index contributed by atoms with van der Waals surface area (Å²) in [6.45, 7) is 4.73. The summed E-state index contributed by atoms with van der Waals surface area (Å²) in [7, 11) is 0. The number of benzene rings is 1. The maximum absolute atomic E-state index is 5.91. The van der Waals surface area contributed by atoms with Gasteiger partial charge in [-0.15, -0.1) is 0 Å². The quantitative estimate of drug-likeness (QED) is 0.769. The van der Waals surface area contributed by atoms with Crippen LogP contribution in [-0.4, -0.2) is 17.5 Å². The van der Waals surface area contributed by atoms with Crippen LogP contribution < -0.4 is 5.73 Å². The first-order chi connectivity index (χ1) is 8.72. The first kappa shape index (κ1) is 12.0. The fourth-order valence-corrected chi connectivity index (χ4v) is 3.52. The molecule has 1 fully saturated rings. The third kappa shape index (κ3) is 2.39. The molecule has 0 saturated heterocycles. The first-order valence-electron chi connectivity index (χ1n) is 7.33. The minimum absolute atomic E-state index is 0.816. The Labute approximate surface area is 110 Å². The largest absolute Gasteiger partial charge is 0.399 e. The summed E-state index contributed by atoms with van der Waals surface area (Å²) in [4.78, 5) is 2.69. The number of rotatable bonds is 1. The second-order valence-electron chi connectivity index (χ2n) is 6.16. The molecule has 3 rings (SSSR count). The standard InChI is InChI=1S/C16H24N2/c1-12-2-6-16(7-3-12)18-9-8-13-4-5-15(17)10-14(13)11-18/h4-5,10,12,16H,2-3,6-9,11,17H2,1H3. The van der Waals surface area contributed by atoms with E-state index in [1.54, 1.807) is 0 Å². The Morgan fingerprint density at radius 2 is 1.89 bits per heavy atom. The van der Waals surface area contributed by atoms with Crippen LogP contribution in [0.2, 0.25) is 0 Å². The van der Waals surface area contributed by atoms with Crippen LogP contribution in [0.15, 0.2) is 18.2 Å². The van der Waals surface area contributed by atoms with Gasteiger partial charge in [0.15, 0.2) is 0 Å². The zero-order valence-electron chi connectivity index (χ0n) is 11.4. The van der Waals surface area contributed by atoms with Crippen LogP contribution in [0.5, 0.6) is 0 Å². The van der Waals surface area contributed by atoms with Gasteiger partial charge in [-0.05, 0) is 61.3 Å². The second kappa shape index (κ2) is 4.93. The predicted octanol–water partition coefficient (Wildman–Crippen LogP) is 3.21. The SMILES string of the molecule is CC1CCC(N2CCc3ccc(N)cc3C2)CC1. The Balaban J connectivity index is 1.70. The van der Waals surface area contributed by atoms with Gasteiger partial charge < -0.3 is 5.73 Å². The first-order valence-corrected chi connectivity index (χ1v) is 7.33.